The molecule has 0 radical (unpaired) electrons. The number of rotatable bonds is 3. The van der Waals surface area contributed by atoms with Crippen molar-refractivity contribution < 1.29 is 14.0 Å². The summed E-state index contributed by atoms with van der Waals surface area (Å²) in [6.07, 6.45) is 0.685. The van der Waals surface area contributed by atoms with Crippen LogP contribution in [0.1, 0.15) is 30.2 Å². The zero-order valence-corrected chi connectivity index (χ0v) is 12.5. The van der Waals surface area contributed by atoms with Crippen molar-refractivity contribution in [1.82, 2.24) is 10.1 Å². The van der Waals surface area contributed by atoms with E-state index in [9.17, 15) is 0 Å². The molecule has 0 spiro atoms. The van der Waals surface area contributed by atoms with Gasteiger partial charge >= 0.3 is 0 Å². The summed E-state index contributed by atoms with van der Waals surface area (Å²) < 4.78 is 17.0. The van der Waals surface area contributed by atoms with Crippen molar-refractivity contribution >= 4 is 15.9 Å². The topological polar surface area (TPSA) is 83.4 Å². The van der Waals surface area contributed by atoms with E-state index >= 15 is 0 Å². The molecule has 20 heavy (non-hydrogen) atoms. The summed E-state index contributed by atoms with van der Waals surface area (Å²) in [4.78, 5) is 4.26. The van der Waals surface area contributed by atoms with Crippen molar-refractivity contribution in [2.45, 2.75) is 19.4 Å². The van der Waals surface area contributed by atoms with E-state index in [2.05, 4.69) is 26.1 Å². The van der Waals surface area contributed by atoms with Gasteiger partial charge in [-0.1, -0.05) is 12.1 Å². The van der Waals surface area contributed by atoms with Gasteiger partial charge in [0, 0.05) is 6.42 Å². The van der Waals surface area contributed by atoms with Gasteiger partial charge in [-0.05, 0) is 33.6 Å². The SMILES string of the molecule is CCc1nc(C(N)c2cc(Br)c3c(c2)OCCO3)no1. The predicted molar refractivity (Wildman–Crippen MR) is 74.8 cm³/mol. The van der Waals surface area contributed by atoms with E-state index < -0.39 is 6.04 Å². The molecule has 106 valence electrons. The van der Waals surface area contributed by atoms with E-state index in [4.69, 9.17) is 19.7 Å². The third-order valence-corrected chi connectivity index (χ3v) is 3.63. The van der Waals surface area contributed by atoms with Gasteiger partial charge < -0.3 is 19.7 Å². The summed E-state index contributed by atoms with van der Waals surface area (Å²) in [7, 11) is 0. The van der Waals surface area contributed by atoms with E-state index in [1.54, 1.807) is 0 Å². The lowest BCUT2D eigenvalue weighted by atomic mass is 10.1. The van der Waals surface area contributed by atoms with Gasteiger partial charge in [0.1, 0.15) is 13.2 Å². The Bertz CT molecular complexity index is 629. The van der Waals surface area contributed by atoms with Crippen LogP contribution in [0.5, 0.6) is 11.5 Å². The maximum Gasteiger partial charge on any atom is 0.226 e. The number of hydrogen-bond acceptors (Lipinski definition) is 6. The molecule has 2 aromatic rings. The summed E-state index contributed by atoms with van der Waals surface area (Å²) in [6.45, 7) is 3.02. The molecule has 6 nitrogen and oxygen atoms in total. The molecule has 1 aliphatic rings. The van der Waals surface area contributed by atoms with Gasteiger partial charge in [-0.25, -0.2) is 0 Å². The molecule has 1 aromatic heterocycles. The first-order valence-corrected chi connectivity index (χ1v) is 7.15. The molecule has 0 fully saturated rings. The number of aromatic nitrogens is 2. The second-order valence-electron chi connectivity index (χ2n) is 4.40. The number of benzene rings is 1. The van der Waals surface area contributed by atoms with Crippen molar-refractivity contribution in [3.63, 3.8) is 0 Å². The highest BCUT2D eigenvalue weighted by Gasteiger charge is 2.22. The van der Waals surface area contributed by atoms with Crippen molar-refractivity contribution in [2.75, 3.05) is 13.2 Å². The third-order valence-electron chi connectivity index (χ3n) is 3.04. The molecule has 3 rings (SSSR count). The Hall–Kier alpha value is -1.60. The predicted octanol–water partition coefficient (Wildman–Crippen LogP) is 2.21. The summed E-state index contributed by atoms with van der Waals surface area (Å²) in [6, 6.07) is 3.28. The Morgan fingerprint density at radius 1 is 1.35 bits per heavy atom. The van der Waals surface area contributed by atoms with Crippen LogP contribution >= 0.6 is 15.9 Å². The van der Waals surface area contributed by atoms with Gasteiger partial charge in [-0.3, -0.25) is 0 Å². The smallest absolute Gasteiger partial charge is 0.226 e. The molecular weight excluding hydrogens is 326 g/mol. The average molecular weight is 340 g/mol. The van der Waals surface area contributed by atoms with Crippen molar-refractivity contribution in [3.05, 3.63) is 33.9 Å². The quantitative estimate of drug-likeness (QED) is 0.922. The maximum absolute atomic E-state index is 6.18. The minimum Gasteiger partial charge on any atom is -0.486 e. The molecule has 0 bridgehead atoms. The van der Waals surface area contributed by atoms with Crippen LogP contribution in [-0.4, -0.2) is 23.4 Å². The fraction of sp³-hybridized carbons (Fsp3) is 0.385. The highest BCUT2D eigenvalue weighted by molar-refractivity contribution is 9.10. The lowest BCUT2D eigenvalue weighted by Gasteiger charge is -2.21. The molecule has 0 aliphatic carbocycles. The van der Waals surface area contributed by atoms with Gasteiger partial charge in [-0.2, -0.15) is 4.98 Å². The largest absolute Gasteiger partial charge is 0.486 e. The fourth-order valence-corrected chi connectivity index (χ4v) is 2.57. The van der Waals surface area contributed by atoms with Crippen LogP contribution in [-0.2, 0) is 6.42 Å². The number of halogens is 1. The fourth-order valence-electron chi connectivity index (χ4n) is 2.00. The molecule has 1 atom stereocenters. The lowest BCUT2D eigenvalue weighted by molar-refractivity contribution is 0.170. The number of fused-ring (bicyclic) bond motifs is 1. The molecule has 7 heteroatoms. The van der Waals surface area contributed by atoms with Crippen LogP contribution in [0.2, 0.25) is 0 Å². The summed E-state index contributed by atoms with van der Waals surface area (Å²) in [5, 5.41) is 3.91. The third kappa shape index (κ3) is 2.38. The first kappa shape index (κ1) is 13.4. The van der Waals surface area contributed by atoms with E-state index in [0.717, 1.165) is 10.0 Å². The van der Waals surface area contributed by atoms with Crippen LogP contribution in [0.15, 0.2) is 21.1 Å². The molecule has 2 heterocycles. The second-order valence-corrected chi connectivity index (χ2v) is 5.26. The van der Waals surface area contributed by atoms with E-state index in [1.807, 2.05) is 19.1 Å². The summed E-state index contributed by atoms with van der Waals surface area (Å²) in [5.41, 5.74) is 7.02. The highest BCUT2D eigenvalue weighted by Crippen LogP contribution is 2.40. The summed E-state index contributed by atoms with van der Waals surface area (Å²) >= 11 is 3.47. The minimum absolute atomic E-state index is 0.463. The van der Waals surface area contributed by atoms with Crippen molar-refractivity contribution in [2.24, 2.45) is 5.73 Å². The van der Waals surface area contributed by atoms with Crippen molar-refractivity contribution in [3.8, 4) is 11.5 Å². The number of nitrogens with two attached hydrogens (primary N) is 1. The first-order valence-electron chi connectivity index (χ1n) is 6.36. The Labute approximate surface area is 124 Å². The maximum atomic E-state index is 6.18. The second kappa shape index (κ2) is 5.41. The van der Waals surface area contributed by atoms with E-state index in [1.165, 1.54) is 0 Å². The minimum atomic E-state index is -0.467. The van der Waals surface area contributed by atoms with Gasteiger partial charge in [0.05, 0.1) is 10.5 Å². The zero-order valence-electron chi connectivity index (χ0n) is 10.9. The van der Waals surface area contributed by atoms with E-state index in [-0.39, 0.29) is 0 Å². The monoisotopic (exact) mass is 339 g/mol. The van der Waals surface area contributed by atoms with Crippen LogP contribution in [0.3, 0.4) is 0 Å². The van der Waals surface area contributed by atoms with Crippen molar-refractivity contribution in [1.29, 1.82) is 0 Å². The zero-order chi connectivity index (χ0) is 14.1. The van der Waals surface area contributed by atoms with Gasteiger partial charge in [-0.15, -0.1) is 0 Å². The number of aryl methyl sites for hydroxylation is 1. The van der Waals surface area contributed by atoms with Crippen LogP contribution in [0.4, 0.5) is 0 Å². The number of nitrogens with zero attached hydrogens (tertiary/aromatic N) is 2. The van der Waals surface area contributed by atoms with Gasteiger partial charge in [0.2, 0.25) is 5.89 Å². The molecule has 1 unspecified atom stereocenters. The standard InChI is InChI=1S/C13H14BrN3O3/c1-2-10-16-13(17-20-10)11(15)7-5-8(14)12-9(6-7)18-3-4-19-12/h5-6,11H,2-4,15H2,1H3. The first-order chi connectivity index (χ1) is 9.69. The molecule has 1 aliphatic heterocycles. The molecule has 1 aromatic carbocycles. The summed E-state index contributed by atoms with van der Waals surface area (Å²) in [5.74, 6) is 2.42. The highest BCUT2D eigenvalue weighted by atomic mass is 79.9. The molecule has 2 N–H and O–H groups in total. The Kier molecular flexibility index (Phi) is 3.62. The molecule has 0 saturated carbocycles. The normalized spacial score (nSPS) is 15.2. The van der Waals surface area contributed by atoms with Crippen LogP contribution < -0.4 is 15.2 Å². The Morgan fingerprint density at radius 3 is 2.90 bits per heavy atom. The number of hydrogen-bond donors (Lipinski definition) is 1. The lowest BCUT2D eigenvalue weighted by Crippen LogP contribution is -2.18. The Morgan fingerprint density at radius 2 is 2.15 bits per heavy atom. The molecule has 0 saturated heterocycles. The van der Waals surface area contributed by atoms with E-state index in [0.29, 0.717) is 42.8 Å². The van der Waals surface area contributed by atoms with Crippen LogP contribution in [0.25, 0.3) is 0 Å². The van der Waals surface area contributed by atoms with Crippen LogP contribution in [0, 0.1) is 0 Å². The average Bonchev–Trinajstić information content (AvgIpc) is 2.95. The molecular formula is C13H14BrN3O3. The number of ether oxygens (including phenoxy) is 2. The van der Waals surface area contributed by atoms with Gasteiger partial charge in [0.25, 0.3) is 0 Å². The molecule has 0 amide bonds. The van der Waals surface area contributed by atoms with Gasteiger partial charge in [0.15, 0.2) is 17.3 Å². The Balaban J connectivity index is 1.95.